The van der Waals surface area contributed by atoms with Crippen molar-refractivity contribution >= 4 is 55.3 Å². The third-order valence-corrected chi connectivity index (χ3v) is 7.85. The number of ether oxygens (including phenoxy) is 3. The molecule has 0 unspecified atom stereocenters. The quantitative estimate of drug-likeness (QED) is 0.367. The maximum Gasteiger partial charge on any atom is 0.331 e. The van der Waals surface area contributed by atoms with Gasteiger partial charge in [-0.25, -0.2) is 13.2 Å². The van der Waals surface area contributed by atoms with Gasteiger partial charge in [0, 0.05) is 32.3 Å². The van der Waals surface area contributed by atoms with E-state index in [0.717, 1.165) is 6.08 Å². The van der Waals surface area contributed by atoms with Gasteiger partial charge in [-0.05, 0) is 52.3 Å². The van der Waals surface area contributed by atoms with Crippen LogP contribution in [-0.4, -0.2) is 83.8 Å². The average molecular weight is 584 g/mol. The molecule has 0 atom stereocenters. The summed E-state index contributed by atoms with van der Waals surface area (Å²) in [6.45, 7) is 2.81. The first kappa shape index (κ1) is 26.4. The maximum absolute atomic E-state index is 13.2. The van der Waals surface area contributed by atoms with Crippen molar-refractivity contribution in [1.82, 2.24) is 4.31 Å². The number of carbonyl (C=O) groups is 2. The van der Waals surface area contributed by atoms with Gasteiger partial charge >= 0.3 is 5.97 Å². The number of esters is 1. The van der Waals surface area contributed by atoms with E-state index in [9.17, 15) is 18.0 Å². The van der Waals surface area contributed by atoms with Crippen LogP contribution in [0.25, 0.3) is 6.08 Å². The van der Waals surface area contributed by atoms with E-state index in [4.69, 9.17) is 18.6 Å². The number of hydrogen-bond acceptors (Lipinski definition) is 9. The number of amides is 1. The molecule has 3 heterocycles. The molecule has 13 heteroatoms. The summed E-state index contributed by atoms with van der Waals surface area (Å²) in [5.74, 6) is -0.889. The standard InChI is InChI=1S/C23H26BrN3O8S/c24-21-5-1-17(35-21)2-6-23(29)34-16-22(28)25-19-15-18(36(30,31)27-9-13-33-14-10-27)3-4-20(19)26-7-11-32-12-8-26/h1-6,15H,7-14,16H2,(H,25,28). The van der Waals surface area contributed by atoms with Crippen molar-refractivity contribution in [2.45, 2.75) is 4.90 Å². The second-order valence-corrected chi connectivity index (χ2v) is 10.6. The van der Waals surface area contributed by atoms with Crippen LogP contribution in [0.3, 0.4) is 0 Å². The van der Waals surface area contributed by atoms with E-state index in [2.05, 4.69) is 21.2 Å². The Balaban J connectivity index is 1.47. The Labute approximate surface area is 217 Å². The van der Waals surface area contributed by atoms with Crippen LogP contribution in [0.15, 0.2) is 50.4 Å². The third-order valence-electron chi connectivity index (χ3n) is 5.52. The number of nitrogens with one attached hydrogen (secondary N) is 1. The summed E-state index contributed by atoms with van der Waals surface area (Å²) in [6, 6.07) is 7.97. The number of morpholine rings is 2. The van der Waals surface area contributed by atoms with Crippen molar-refractivity contribution in [3.05, 3.63) is 46.8 Å². The Bertz CT molecular complexity index is 1220. The number of rotatable bonds is 8. The molecule has 194 valence electrons. The molecule has 4 rings (SSSR count). The Morgan fingerprint density at radius 3 is 2.39 bits per heavy atom. The molecule has 11 nitrogen and oxygen atoms in total. The van der Waals surface area contributed by atoms with Gasteiger partial charge in [0.25, 0.3) is 5.91 Å². The predicted molar refractivity (Wildman–Crippen MR) is 134 cm³/mol. The molecule has 2 aliphatic rings. The first-order valence-corrected chi connectivity index (χ1v) is 13.5. The van der Waals surface area contributed by atoms with Gasteiger partial charge in [-0.1, -0.05) is 0 Å². The summed E-state index contributed by atoms with van der Waals surface area (Å²) >= 11 is 3.17. The molecular weight excluding hydrogens is 558 g/mol. The minimum Gasteiger partial charge on any atom is -0.452 e. The number of hydrogen-bond donors (Lipinski definition) is 1. The molecule has 1 aromatic heterocycles. The fourth-order valence-corrected chi connectivity index (χ4v) is 5.48. The Morgan fingerprint density at radius 2 is 1.72 bits per heavy atom. The predicted octanol–water partition coefficient (Wildman–Crippen LogP) is 2.09. The van der Waals surface area contributed by atoms with Crippen molar-refractivity contribution in [2.75, 3.05) is 69.4 Å². The minimum atomic E-state index is -3.77. The van der Waals surface area contributed by atoms with E-state index in [1.165, 1.54) is 22.5 Å². The summed E-state index contributed by atoms with van der Waals surface area (Å²) in [6.07, 6.45) is 2.56. The lowest BCUT2D eigenvalue weighted by Gasteiger charge is -2.31. The summed E-state index contributed by atoms with van der Waals surface area (Å²) < 4.78 is 49.1. The molecule has 0 radical (unpaired) electrons. The fourth-order valence-electron chi connectivity index (χ4n) is 3.73. The fraction of sp³-hybridized carbons (Fsp3) is 0.391. The third kappa shape index (κ3) is 6.73. The zero-order chi connectivity index (χ0) is 25.5. The molecule has 1 N–H and O–H groups in total. The lowest BCUT2D eigenvalue weighted by Crippen LogP contribution is -2.40. The molecule has 1 aromatic carbocycles. The highest BCUT2D eigenvalue weighted by molar-refractivity contribution is 9.10. The summed E-state index contributed by atoms with van der Waals surface area (Å²) in [7, 11) is -3.77. The lowest BCUT2D eigenvalue weighted by molar-refractivity contribution is -0.142. The zero-order valence-electron chi connectivity index (χ0n) is 19.4. The molecule has 2 aromatic rings. The van der Waals surface area contributed by atoms with Crippen molar-refractivity contribution < 1.29 is 36.6 Å². The van der Waals surface area contributed by atoms with Crippen LogP contribution >= 0.6 is 15.9 Å². The Kier molecular flexibility index (Phi) is 8.80. The largest absolute Gasteiger partial charge is 0.452 e. The molecule has 0 bridgehead atoms. The van der Waals surface area contributed by atoms with Crippen molar-refractivity contribution in [3.8, 4) is 0 Å². The lowest BCUT2D eigenvalue weighted by atomic mass is 10.2. The second kappa shape index (κ2) is 12.0. The molecule has 2 fully saturated rings. The minimum absolute atomic E-state index is 0.0567. The van der Waals surface area contributed by atoms with Gasteiger partial charge in [0.2, 0.25) is 10.0 Å². The number of halogens is 1. The van der Waals surface area contributed by atoms with Crippen LogP contribution < -0.4 is 10.2 Å². The zero-order valence-corrected chi connectivity index (χ0v) is 21.8. The van der Waals surface area contributed by atoms with Gasteiger partial charge in [-0.3, -0.25) is 4.79 Å². The van der Waals surface area contributed by atoms with Crippen molar-refractivity contribution in [1.29, 1.82) is 0 Å². The highest BCUT2D eigenvalue weighted by Gasteiger charge is 2.28. The van der Waals surface area contributed by atoms with Crippen LogP contribution in [0, 0.1) is 0 Å². The van der Waals surface area contributed by atoms with E-state index < -0.39 is 28.5 Å². The first-order chi connectivity index (χ1) is 17.3. The monoisotopic (exact) mass is 583 g/mol. The highest BCUT2D eigenvalue weighted by Crippen LogP contribution is 2.31. The topological polar surface area (TPSA) is 128 Å². The van der Waals surface area contributed by atoms with Crippen molar-refractivity contribution in [3.63, 3.8) is 0 Å². The average Bonchev–Trinajstić information content (AvgIpc) is 3.32. The Hall–Kier alpha value is -2.71. The number of anilines is 2. The molecule has 2 aliphatic heterocycles. The number of carbonyl (C=O) groups excluding carboxylic acids is 2. The van der Waals surface area contributed by atoms with Crippen molar-refractivity contribution in [2.24, 2.45) is 0 Å². The van der Waals surface area contributed by atoms with Gasteiger partial charge < -0.3 is 28.8 Å². The number of furan rings is 1. The molecule has 0 saturated carbocycles. The summed E-state index contributed by atoms with van der Waals surface area (Å²) in [5.41, 5.74) is 0.963. The van der Waals surface area contributed by atoms with E-state index in [-0.39, 0.29) is 18.0 Å². The van der Waals surface area contributed by atoms with E-state index in [1.807, 2.05) is 4.90 Å². The van der Waals surface area contributed by atoms with Crippen LogP contribution in [-0.2, 0) is 33.8 Å². The SMILES string of the molecule is O=C(COC(=O)C=Cc1ccc(Br)o1)Nc1cc(S(=O)(=O)N2CCOCC2)ccc1N1CCOCC1. The highest BCUT2D eigenvalue weighted by atomic mass is 79.9. The first-order valence-electron chi connectivity index (χ1n) is 11.3. The van der Waals surface area contributed by atoms with Gasteiger partial charge in [-0.15, -0.1) is 0 Å². The van der Waals surface area contributed by atoms with Crippen LogP contribution in [0.2, 0.25) is 0 Å². The maximum atomic E-state index is 13.2. The van der Waals surface area contributed by atoms with Gasteiger partial charge in [-0.2, -0.15) is 4.31 Å². The summed E-state index contributed by atoms with van der Waals surface area (Å²) in [4.78, 5) is 26.7. The van der Waals surface area contributed by atoms with Crippen LogP contribution in [0.5, 0.6) is 0 Å². The second-order valence-electron chi connectivity index (χ2n) is 7.93. The smallest absolute Gasteiger partial charge is 0.331 e. The Morgan fingerprint density at radius 1 is 1.03 bits per heavy atom. The number of sulfonamides is 1. The van der Waals surface area contributed by atoms with Gasteiger partial charge in [0.15, 0.2) is 11.3 Å². The molecule has 36 heavy (non-hydrogen) atoms. The number of nitrogens with zero attached hydrogens (tertiary/aromatic N) is 2. The summed E-state index contributed by atoms with van der Waals surface area (Å²) in [5, 5.41) is 2.70. The van der Waals surface area contributed by atoms with Gasteiger partial charge in [0.05, 0.1) is 42.7 Å². The normalized spacial score (nSPS) is 17.3. The number of benzene rings is 1. The van der Waals surface area contributed by atoms with Crippen LogP contribution in [0.4, 0.5) is 11.4 Å². The van der Waals surface area contributed by atoms with E-state index in [0.29, 0.717) is 61.3 Å². The van der Waals surface area contributed by atoms with E-state index in [1.54, 1.807) is 18.2 Å². The molecule has 0 aliphatic carbocycles. The van der Waals surface area contributed by atoms with E-state index >= 15 is 0 Å². The molecule has 0 spiro atoms. The molecule has 2 saturated heterocycles. The van der Waals surface area contributed by atoms with Crippen LogP contribution in [0.1, 0.15) is 5.76 Å². The van der Waals surface area contributed by atoms with Gasteiger partial charge in [0.1, 0.15) is 5.76 Å². The molecular formula is C23H26BrN3O8S. The molecule has 1 amide bonds.